The molecule has 0 aromatic rings. The summed E-state index contributed by atoms with van der Waals surface area (Å²) in [5.41, 5.74) is 0. The Morgan fingerprint density at radius 3 is 2.50 bits per heavy atom. The molecule has 0 radical (unpaired) electrons. The smallest absolute Gasteiger partial charge is 0.147 e. The highest BCUT2D eigenvalue weighted by Gasteiger charge is 1.92. The molecule has 0 aliphatic heterocycles. The van der Waals surface area contributed by atoms with Crippen LogP contribution in [0.5, 0.6) is 0 Å². The molecule has 0 fully saturated rings. The van der Waals surface area contributed by atoms with Crippen LogP contribution in [0.2, 0.25) is 0 Å². The van der Waals surface area contributed by atoms with Gasteiger partial charge in [-0.3, -0.25) is 0 Å². The molecule has 0 bridgehead atoms. The van der Waals surface area contributed by atoms with Crippen LogP contribution in [-0.4, -0.2) is 17.3 Å². The molecule has 1 unspecified atom stereocenters. The molecule has 3 heteroatoms. The Bertz CT molecular complexity index is 48.1. The number of halogens is 1. The first-order valence-electron chi connectivity index (χ1n) is 1.43. The fourth-order valence-electron chi connectivity index (χ4n) is 0.0556. The normalized spacial score (nSPS) is 13.7. The Kier molecular flexibility index (Phi) is 3.68. The van der Waals surface area contributed by atoms with Gasteiger partial charge < -0.3 is 4.79 Å². The molecule has 36 valence electrons. The highest BCUT2D eigenvalue weighted by atomic mass is 35.5. The second-order valence-corrected chi connectivity index (χ2v) is 2.43. The van der Waals surface area contributed by atoms with Crippen LogP contribution in [0, 0.1) is 0 Å². The van der Waals surface area contributed by atoms with Crippen LogP contribution in [0.4, 0.5) is 0 Å². The van der Waals surface area contributed by atoms with E-state index in [2.05, 4.69) is 0 Å². The lowest BCUT2D eigenvalue weighted by molar-refractivity contribution is -0.106. The van der Waals surface area contributed by atoms with Crippen LogP contribution in [0.25, 0.3) is 0 Å². The quantitative estimate of drug-likeness (QED) is 0.405. The van der Waals surface area contributed by atoms with Crippen molar-refractivity contribution in [1.29, 1.82) is 0 Å². The average Bonchev–Trinajstić information content (AvgIpc) is 1.65. The third-order valence-electron chi connectivity index (χ3n) is 0.332. The Morgan fingerprint density at radius 2 is 2.50 bits per heavy atom. The van der Waals surface area contributed by atoms with E-state index >= 15 is 0 Å². The van der Waals surface area contributed by atoms with E-state index in [1.54, 1.807) is 6.26 Å². The van der Waals surface area contributed by atoms with Gasteiger partial charge in [0.15, 0.2) is 0 Å². The number of hydrogen-bond acceptors (Lipinski definition) is 2. The van der Waals surface area contributed by atoms with Crippen molar-refractivity contribution in [2.75, 3.05) is 6.26 Å². The van der Waals surface area contributed by atoms with Gasteiger partial charge in [-0.15, -0.1) is 23.4 Å². The summed E-state index contributed by atoms with van der Waals surface area (Å²) in [6.45, 7) is 0. The second kappa shape index (κ2) is 3.50. The first-order chi connectivity index (χ1) is 2.81. The Morgan fingerprint density at radius 1 is 2.00 bits per heavy atom. The molecule has 0 aromatic heterocycles. The lowest BCUT2D eigenvalue weighted by Gasteiger charge is -1.87. The van der Waals surface area contributed by atoms with Crippen LogP contribution in [0.1, 0.15) is 0 Å². The standard InChI is InChI=1S/C3H5ClOS/c1-6-3(4)2-5/h2-3H,1H3. The lowest BCUT2D eigenvalue weighted by Crippen LogP contribution is -1.88. The number of aldehydes is 1. The maximum Gasteiger partial charge on any atom is 0.147 e. The van der Waals surface area contributed by atoms with Gasteiger partial charge in [-0.1, -0.05) is 0 Å². The zero-order valence-electron chi connectivity index (χ0n) is 3.35. The van der Waals surface area contributed by atoms with Gasteiger partial charge in [0.25, 0.3) is 0 Å². The molecule has 0 rings (SSSR count). The van der Waals surface area contributed by atoms with Crippen LogP contribution < -0.4 is 0 Å². The minimum Gasteiger partial charge on any atom is -0.301 e. The number of thioether (sulfide) groups is 1. The van der Waals surface area contributed by atoms with Crippen LogP contribution in [-0.2, 0) is 4.79 Å². The molecule has 0 N–H and O–H groups in total. The van der Waals surface area contributed by atoms with Crippen LogP contribution in [0.15, 0.2) is 0 Å². The third-order valence-corrected chi connectivity index (χ3v) is 1.53. The summed E-state index contributed by atoms with van der Waals surface area (Å²) in [5.74, 6) is 0. The topological polar surface area (TPSA) is 17.1 Å². The average molecular weight is 125 g/mol. The Hall–Kier alpha value is 0.310. The molecule has 1 atom stereocenters. The van der Waals surface area contributed by atoms with Crippen molar-refractivity contribution in [3.8, 4) is 0 Å². The van der Waals surface area contributed by atoms with Crippen molar-refractivity contribution in [3.05, 3.63) is 0 Å². The highest BCUT2D eigenvalue weighted by Crippen LogP contribution is 2.05. The molecule has 0 aliphatic rings. The molecule has 0 aromatic carbocycles. The molecule has 0 spiro atoms. The molecule has 0 heterocycles. The van der Waals surface area contributed by atoms with Crippen LogP contribution >= 0.6 is 23.4 Å². The summed E-state index contributed by atoms with van der Waals surface area (Å²) >= 11 is 6.57. The van der Waals surface area contributed by atoms with Gasteiger partial charge in [0, 0.05) is 0 Å². The summed E-state index contributed by atoms with van der Waals surface area (Å²) in [6.07, 6.45) is 2.48. The highest BCUT2D eigenvalue weighted by molar-refractivity contribution is 8.01. The molecular weight excluding hydrogens is 120 g/mol. The first kappa shape index (κ1) is 6.31. The lowest BCUT2D eigenvalue weighted by atomic mass is 10.9. The van der Waals surface area contributed by atoms with Gasteiger partial charge in [0.05, 0.1) is 0 Å². The largest absolute Gasteiger partial charge is 0.301 e. The predicted molar refractivity (Wildman–Crippen MR) is 29.2 cm³/mol. The molecular formula is C3H5ClOS. The van der Waals surface area contributed by atoms with Gasteiger partial charge in [-0.2, -0.15) is 0 Å². The minimum atomic E-state index is -0.356. The molecule has 1 nitrogen and oxygen atoms in total. The van der Waals surface area contributed by atoms with Crippen molar-refractivity contribution in [2.45, 2.75) is 4.71 Å². The van der Waals surface area contributed by atoms with E-state index < -0.39 is 0 Å². The van der Waals surface area contributed by atoms with E-state index in [0.29, 0.717) is 6.29 Å². The zero-order valence-corrected chi connectivity index (χ0v) is 4.92. The van der Waals surface area contributed by atoms with Crippen molar-refractivity contribution >= 4 is 29.6 Å². The minimum absolute atomic E-state index is 0.356. The van der Waals surface area contributed by atoms with E-state index in [0.717, 1.165) is 0 Å². The fourth-order valence-corrected chi connectivity index (χ4v) is 0.167. The Labute approximate surface area is 46.1 Å². The summed E-state index contributed by atoms with van der Waals surface area (Å²) in [5, 5.41) is 0. The van der Waals surface area contributed by atoms with E-state index in [1.807, 2.05) is 0 Å². The molecule has 6 heavy (non-hydrogen) atoms. The molecule has 0 aliphatic carbocycles. The van der Waals surface area contributed by atoms with E-state index in [4.69, 9.17) is 11.6 Å². The summed E-state index contributed by atoms with van der Waals surface area (Å²) in [4.78, 5) is 9.58. The third kappa shape index (κ3) is 2.54. The second-order valence-electron chi connectivity index (χ2n) is 0.723. The van der Waals surface area contributed by atoms with Crippen molar-refractivity contribution in [2.24, 2.45) is 0 Å². The maximum atomic E-state index is 9.58. The predicted octanol–water partition coefficient (Wildman–Crippen LogP) is 1.11. The summed E-state index contributed by atoms with van der Waals surface area (Å²) < 4.78 is -0.356. The van der Waals surface area contributed by atoms with Crippen LogP contribution in [0.3, 0.4) is 0 Å². The summed E-state index contributed by atoms with van der Waals surface area (Å²) in [6, 6.07) is 0. The SMILES string of the molecule is CSC(Cl)C=O. The van der Waals surface area contributed by atoms with Crippen molar-refractivity contribution < 1.29 is 4.79 Å². The monoisotopic (exact) mass is 124 g/mol. The summed E-state index contributed by atoms with van der Waals surface area (Å²) in [7, 11) is 0. The van der Waals surface area contributed by atoms with Gasteiger partial charge >= 0.3 is 0 Å². The fraction of sp³-hybridized carbons (Fsp3) is 0.667. The van der Waals surface area contributed by atoms with E-state index in [1.165, 1.54) is 11.8 Å². The number of hydrogen-bond donors (Lipinski definition) is 0. The molecule has 0 saturated carbocycles. The van der Waals surface area contributed by atoms with Crippen molar-refractivity contribution in [1.82, 2.24) is 0 Å². The van der Waals surface area contributed by atoms with E-state index in [9.17, 15) is 4.79 Å². The molecule has 0 amide bonds. The van der Waals surface area contributed by atoms with Gasteiger partial charge in [-0.05, 0) is 6.26 Å². The van der Waals surface area contributed by atoms with E-state index in [-0.39, 0.29) is 4.71 Å². The number of alkyl halides is 1. The molecule has 0 saturated heterocycles. The maximum absolute atomic E-state index is 9.58. The van der Waals surface area contributed by atoms with Gasteiger partial charge in [0.2, 0.25) is 0 Å². The number of rotatable bonds is 2. The number of carbonyl (C=O) groups is 1. The first-order valence-corrected chi connectivity index (χ1v) is 3.16. The zero-order chi connectivity index (χ0) is 4.99. The van der Waals surface area contributed by atoms with Crippen molar-refractivity contribution in [3.63, 3.8) is 0 Å². The van der Waals surface area contributed by atoms with Gasteiger partial charge in [0.1, 0.15) is 11.0 Å². The Balaban J connectivity index is 2.96. The number of carbonyl (C=O) groups excluding carboxylic acids is 1. The van der Waals surface area contributed by atoms with Gasteiger partial charge in [-0.25, -0.2) is 0 Å².